The first-order valence-electron chi connectivity index (χ1n) is 28.3. The van der Waals surface area contributed by atoms with Crippen molar-refractivity contribution in [3.05, 3.63) is 85.1 Å². The summed E-state index contributed by atoms with van der Waals surface area (Å²) in [4.78, 5) is 13.3. The molecule has 3 heterocycles. The van der Waals surface area contributed by atoms with Gasteiger partial charge in [-0.25, -0.2) is 0 Å². The van der Waals surface area contributed by atoms with E-state index in [2.05, 4.69) is 92.1 Å². The van der Waals surface area contributed by atoms with E-state index >= 15 is 0 Å². The van der Waals surface area contributed by atoms with Crippen molar-refractivity contribution in [1.29, 1.82) is 0 Å². The van der Waals surface area contributed by atoms with E-state index in [0.29, 0.717) is 12.8 Å². The number of carbonyl (C=O) groups excluding carboxylic acids is 1. The van der Waals surface area contributed by atoms with Crippen molar-refractivity contribution in [2.45, 2.75) is 247 Å². The zero-order chi connectivity index (χ0) is 56.2. The number of ether oxygens (including phenoxy) is 6. The molecule has 0 aromatic heterocycles. The Morgan fingerprint density at radius 2 is 0.909 bits per heavy atom. The Kier molecular flexibility index (Phi) is 36.4. The number of hydrogen-bond acceptors (Lipinski definition) is 18. The zero-order valence-electron chi connectivity index (χ0n) is 45.6. The molecule has 3 saturated heterocycles. The van der Waals surface area contributed by atoms with E-state index in [1.807, 2.05) is 6.08 Å². The van der Waals surface area contributed by atoms with Gasteiger partial charge in [-0.2, -0.15) is 0 Å². The Morgan fingerprint density at radius 3 is 1.44 bits per heavy atom. The van der Waals surface area contributed by atoms with E-state index in [1.54, 1.807) is 6.08 Å². The van der Waals surface area contributed by atoms with Crippen LogP contribution in [0.1, 0.15) is 142 Å². The molecule has 3 fully saturated rings. The van der Waals surface area contributed by atoms with Gasteiger partial charge in [-0.1, -0.05) is 144 Å². The first-order chi connectivity index (χ1) is 37.3. The van der Waals surface area contributed by atoms with Gasteiger partial charge in [0.2, 0.25) is 5.91 Å². The van der Waals surface area contributed by atoms with Gasteiger partial charge in [0.05, 0.1) is 38.6 Å². The molecule has 0 saturated carbocycles. The maximum atomic E-state index is 13.3. The predicted octanol–water partition coefficient (Wildman–Crippen LogP) is 4.03. The van der Waals surface area contributed by atoms with Crippen LogP contribution in [-0.4, -0.2) is 193 Å². The van der Waals surface area contributed by atoms with Gasteiger partial charge in [0.1, 0.15) is 73.2 Å². The van der Waals surface area contributed by atoms with Crippen molar-refractivity contribution in [2.24, 2.45) is 0 Å². The summed E-state index contributed by atoms with van der Waals surface area (Å²) in [7, 11) is 0. The molecule has 17 atom stereocenters. The summed E-state index contributed by atoms with van der Waals surface area (Å²) in [5.74, 6) is -0.306. The number of nitrogens with one attached hydrogen (secondary N) is 1. The largest absolute Gasteiger partial charge is 0.394 e. The molecule has 12 N–H and O–H groups in total. The lowest BCUT2D eigenvalue weighted by Crippen LogP contribution is -2.66. The molecule has 19 nitrogen and oxygen atoms in total. The fourth-order valence-corrected chi connectivity index (χ4v) is 8.98. The fourth-order valence-electron chi connectivity index (χ4n) is 8.98. The normalized spacial score (nSPS) is 31.4. The molecule has 19 heteroatoms. The van der Waals surface area contributed by atoms with Crippen molar-refractivity contribution in [3.8, 4) is 0 Å². The zero-order valence-corrected chi connectivity index (χ0v) is 45.6. The second-order valence-corrected chi connectivity index (χ2v) is 20.0. The third-order valence-corrected chi connectivity index (χ3v) is 13.6. The van der Waals surface area contributed by atoms with E-state index in [4.69, 9.17) is 28.4 Å². The number of allylic oxidation sites excluding steroid dienone is 13. The SMILES string of the molecule is CC/C=C\C/C=C\C/C=C\C/C=C\CCCCCCCCCCC(=O)NC(COC1OC(CO)C(OC2OC(CO)C(OC3OC(CO)C(O)C(O)C3O)C(O)C2O)C(O)C1O)C(O)/C=C/CC/C=C/CC/C=C/CCC. The van der Waals surface area contributed by atoms with Crippen LogP contribution in [0.25, 0.3) is 0 Å². The summed E-state index contributed by atoms with van der Waals surface area (Å²) in [5, 5.41) is 120. The van der Waals surface area contributed by atoms with Crippen LogP contribution in [0.2, 0.25) is 0 Å². The van der Waals surface area contributed by atoms with Gasteiger partial charge in [-0.3, -0.25) is 4.79 Å². The van der Waals surface area contributed by atoms with Gasteiger partial charge in [-0.15, -0.1) is 0 Å². The lowest BCUT2D eigenvalue weighted by Gasteiger charge is -2.48. The minimum absolute atomic E-state index is 0.217. The van der Waals surface area contributed by atoms with E-state index < -0.39 is 124 Å². The molecule has 442 valence electrons. The molecule has 0 bridgehead atoms. The van der Waals surface area contributed by atoms with Gasteiger partial charge >= 0.3 is 0 Å². The number of aliphatic hydroxyl groups is 11. The van der Waals surface area contributed by atoms with E-state index in [-0.39, 0.29) is 18.9 Å². The predicted molar refractivity (Wildman–Crippen MR) is 291 cm³/mol. The summed E-state index contributed by atoms with van der Waals surface area (Å²) < 4.78 is 34.1. The van der Waals surface area contributed by atoms with Gasteiger partial charge in [0.15, 0.2) is 18.9 Å². The molecule has 0 radical (unpaired) electrons. The van der Waals surface area contributed by atoms with Crippen LogP contribution in [0, 0.1) is 0 Å². The molecule has 17 unspecified atom stereocenters. The lowest BCUT2D eigenvalue weighted by molar-refractivity contribution is -0.379. The van der Waals surface area contributed by atoms with Crippen molar-refractivity contribution in [3.63, 3.8) is 0 Å². The Hall–Kier alpha value is -3.03. The average molecular weight is 1100 g/mol. The van der Waals surface area contributed by atoms with Crippen molar-refractivity contribution in [2.75, 3.05) is 26.4 Å². The number of carbonyl (C=O) groups is 1. The standard InChI is InChI=1S/C58H97NO18/c1-3-5-7-9-11-13-15-16-17-18-19-20-21-22-23-24-26-28-30-32-34-36-46(64)59-41(42(63)35-33-31-29-27-25-14-12-10-8-6-4-2)40-72-56-52(70)49(67)54(44(38-61)74-56)77-58-53(71)50(68)55(45(39-62)75-58)76-57-51(69)48(66)47(65)43(37-60)73-57/h5,7-8,10-11,13,16-17,19-20,25,27,33,35,41-45,47-58,60-63,65-71H,3-4,6,9,12,14-15,18,21-24,26,28-32,34,36-40H2,1-2H3,(H,59,64)/b7-5-,10-8+,13-11-,17-16-,20-19-,27-25+,35-33+. The molecule has 0 aliphatic carbocycles. The summed E-state index contributed by atoms with van der Waals surface area (Å²) in [6, 6.07) is -1.00. The molecular weight excluding hydrogens is 999 g/mol. The smallest absolute Gasteiger partial charge is 0.220 e. The molecule has 1 amide bonds. The number of hydrogen-bond donors (Lipinski definition) is 12. The Morgan fingerprint density at radius 1 is 0.481 bits per heavy atom. The summed E-state index contributed by atoms with van der Waals surface area (Å²) in [6.45, 7) is 1.45. The number of amides is 1. The topological polar surface area (TPSA) is 307 Å². The van der Waals surface area contributed by atoms with Gasteiger partial charge in [-0.05, 0) is 77.0 Å². The molecular formula is C58H97NO18. The van der Waals surface area contributed by atoms with Gasteiger partial charge in [0, 0.05) is 6.42 Å². The monoisotopic (exact) mass is 1100 g/mol. The van der Waals surface area contributed by atoms with Crippen LogP contribution in [0.5, 0.6) is 0 Å². The molecule has 0 aromatic rings. The maximum absolute atomic E-state index is 13.3. The third kappa shape index (κ3) is 25.5. The Balaban J connectivity index is 1.50. The van der Waals surface area contributed by atoms with Crippen LogP contribution in [0.3, 0.4) is 0 Å². The number of unbranched alkanes of at least 4 members (excludes halogenated alkanes) is 11. The molecule has 3 aliphatic rings. The van der Waals surface area contributed by atoms with E-state index in [1.165, 1.54) is 12.8 Å². The second kappa shape index (κ2) is 41.0. The van der Waals surface area contributed by atoms with Crippen LogP contribution < -0.4 is 5.32 Å². The molecule has 0 aromatic carbocycles. The van der Waals surface area contributed by atoms with E-state index in [0.717, 1.165) is 96.3 Å². The number of rotatable bonds is 39. The second-order valence-electron chi connectivity index (χ2n) is 20.0. The molecule has 0 spiro atoms. The number of aliphatic hydroxyl groups excluding tert-OH is 11. The molecule has 77 heavy (non-hydrogen) atoms. The van der Waals surface area contributed by atoms with Crippen LogP contribution >= 0.6 is 0 Å². The maximum Gasteiger partial charge on any atom is 0.220 e. The van der Waals surface area contributed by atoms with Crippen LogP contribution in [0.15, 0.2) is 85.1 Å². The van der Waals surface area contributed by atoms with Crippen LogP contribution in [-0.2, 0) is 33.2 Å². The molecule has 3 aliphatic heterocycles. The highest BCUT2D eigenvalue weighted by atomic mass is 16.8. The Labute approximate surface area is 457 Å². The van der Waals surface area contributed by atoms with Crippen LogP contribution in [0.4, 0.5) is 0 Å². The minimum atomic E-state index is -1.99. The van der Waals surface area contributed by atoms with Crippen molar-refractivity contribution in [1.82, 2.24) is 5.32 Å². The summed E-state index contributed by atoms with van der Waals surface area (Å²) in [6.07, 6.45) is 21.5. The van der Waals surface area contributed by atoms with Crippen molar-refractivity contribution >= 4 is 5.91 Å². The first kappa shape index (κ1) is 68.2. The minimum Gasteiger partial charge on any atom is -0.394 e. The highest BCUT2D eigenvalue weighted by Gasteiger charge is 2.53. The Bertz CT molecular complexity index is 1740. The highest BCUT2D eigenvalue weighted by Crippen LogP contribution is 2.33. The van der Waals surface area contributed by atoms with Gasteiger partial charge < -0.3 is 89.9 Å². The average Bonchev–Trinajstić information content (AvgIpc) is 3.44. The lowest BCUT2D eigenvalue weighted by atomic mass is 9.96. The summed E-state index contributed by atoms with van der Waals surface area (Å²) >= 11 is 0. The van der Waals surface area contributed by atoms with Gasteiger partial charge in [0.25, 0.3) is 0 Å². The fraction of sp³-hybridized carbons (Fsp3) is 0.741. The first-order valence-corrected chi connectivity index (χ1v) is 28.3. The quantitative estimate of drug-likeness (QED) is 0.0305. The summed E-state index contributed by atoms with van der Waals surface area (Å²) in [5.41, 5.74) is 0. The van der Waals surface area contributed by atoms with E-state index in [9.17, 15) is 61.0 Å². The third-order valence-electron chi connectivity index (χ3n) is 13.6. The molecule has 3 rings (SSSR count). The highest BCUT2D eigenvalue weighted by molar-refractivity contribution is 5.76. The van der Waals surface area contributed by atoms with Crippen molar-refractivity contribution < 1.29 is 89.4 Å².